The van der Waals surface area contributed by atoms with Crippen LogP contribution in [0.2, 0.25) is 0 Å². The lowest BCUT2D eigenvalue weighted by atomic mass is 9.90. The fourth-order valence-electron chi connectivity index (χ4n) is 2.48. The van der Waals surface area contributed by atoms with Crippen LogP contribution in [0.1, 0.15) is 43.4 Å². The zero-order chi connectivity index (χ0) is 10.5. The highest BCUT2D eigenvalue weighted by molar-refractivity contribution is 7.09. The van der Waals surface area contributed by atoms with E-state index in [4.69, 9.17) is 5.73 Å². The maximum Gasteiger partial charge on any atom is 0.0794 e. The number of nitrogens with zero attached hydrogens (tertiary/aromatic N) is 1. The van der Waals surface area contributed by atoms with Gasteiger partial charge in [-0.05, 0) is 25.2 Å². The molecular weight excluding hydrogens is 204 g/mol. The van der Waals surface area contributed by atoms with Crippen molar-refractivity contribution in [3.63, 3.8) is 0 Å². The van der Waals surface area contributed by atoms with Gasteiger partial charge in [-0.15, -0.1) is 11.3 Å². The molecule has 0 aromatic carbocycles. The molecule has 1 fully saturated rings. The first-order valence-corrected chi connectivity index (χ1v) is 6.87. The Bertz CT molecular complexity index is 263. The van der Waals surface area contributed by atoms with E-state index in [-0.39, 0.29) is 0 Å². The Kier molecular flexibility index (Phi) is 4.15. The Hall–Kier alpha value is -0.410. The zero-order valence-corrected chi connectivity index (χ0v) is 10.0. The predicted octanol–water partition coefficient (Wildman–Crippen LogP) is 2.98. The van der Waals surface area contributed by atoms with Gasteiger partial charge in [0.15, 0.2) is 0 Å². The second kappa shape index (κ2) is 5.61. The topological polar surface area (TPSA) is 38.9 Å². The SMILES string of the molecule is NC(Cc1cncs1)C1CCCCCC1. The van der Waals surface area contributed by atoms with Gasteiger partial charge in [-0.25, -0.2) is 0 Å². The average Bonchev–Trinajstić information content (AvgIpc) is 2.58. The molecule has 1 aromatic heterocycles. The lowest BCUT2D eigenvalue weighted by molar-refractivity contribution is 0.373. The van der Waals surface area contributed by atoms with E-state index in [1.54, 1.807) is 11.3 Å². The van der Waals surface area contributed by atoms with E-state index in [9.17, 15) is 0 Å². The smallest absolute Gasteiger partial charge is 0.0794 e. The highest BCUT2D eigenvalue weighted by atomic mass is 32.1. The molecule has 1 aliphatic carbocycles. The second-order valence-electron chi connectivity index (χ2n) is 4.59. The van der Waals surface area contributed by atoms with Crippen molar-refractivity contribution in [2.75, 3.05) is 0 Å². The molecule has 84 valence electrons. The molecule has 2 nitrogen and oxygen atoms in total. The summed E-state index contributed by atoms with van der Waals surface area (Å²) in [6, 6.07) is 0.351. The van der Waals surface area contributed by atoms with Crippen molar-refractivity contribution in [1.29, 1.82) is 0 Å². The molecule has 1 aromatic rings. The molecule has 15 heavy (non-hydrogen) atoms. The lowest BCUT2D eigenvalue weighted by Crippen LogP contribution is -2.31. The molecule has 1 saturated carbocycles. The van der Waals surface area contributed by atoms with E-state index in [1.807, 2.05) is 11.7 Å². The average molecular weight is 224 g/mol. The van der Waals surface area contributed by atoms with E-state index in [0.29, 0.717) is 6.04 Å². The number of rotatable bonds is 3. The Balaban J connectivity index is 1.86. The van der Waals surface area contributed by atoms with Gasteiger partial charge in [-0.2, -0.15) is 0 Å². The Morgan fingerprint density at radius 1 is 1.33 bits per heavy atom. The molecule has 0 saturated heterocycles. The first-order chi connectivity index (χ1) is 7.36. The van der Waals surface area contributed by atoms with Crippen LogP contribution in [0.25, 0.3) is 0 Å². The van der Waals surface area contributed by atoms with Gasteiger partial charge < -0.3 is 5.73 Å². The van der Waals surface area contributed by atoms with E-state index in [2.05, 4.69) is 4.98 Å². The third-order valence-electron chi connectivity index (χ3n) is 3.43. The van der Waals surface area contributed by atoms with Crippen LogP contribution in [0.4, 0.5) is 0 Å². The molecule has 2 N–H and O–H groups in total. The van der Waals surface area contributed by atoms with Crippen LogP contribution in [-0.4, -0.2) is 11.0 Å². The fraction of sp³-hybridized carbons (Fsp3) is 0.750. The van der Waals surface area contributed by atoms with Gasteiger partial charge in [0.2, 0.25) is 0 Å². The third kappa shape index (κ3) is 3.28. The molecule has 1 atom stereocenters. The number of aromatic nitrogens is 1. The van der Waals surface area contributed by atoms with Gasteiger partial charge >= 0.3 is 0 Å². The summed E-state index contributed by atoms with van der Waals surface area (Å²) < 4.78 is 0. The molecule has 0 radical (unpaired) electrons. The van der Waals surface area contributed by atoms with Crippen LogP contribution in [-0.2, 0) is 6.42 Å². The maximum absolute atomic E-state index is 6.29. The molecule has 2 rings (SSSR count). The minimum Gasteiger partial charge on any atom is -0.327 e. The number of hydrogen-bond donors (Lipinski definition) is 1. The van der Waals surface area contributed by atoms with Crippen LogP contribution in [0.5, 0.6) is 0 Å². The largest absolute Gasteiger partial charge is 0.327 e. The monoisotopic (exact) mass is 224 g/mol. The summed E-state index contributed by atoms with van der Waals surface area (Å²) in [7, 11) is 0. The summed E-state index contributed by atoms with van der Waals surface area (Å²) in [5.74, 6) is 0.745. The lowest BCUT2D eigenvalue weighted by Gasteiger charge is -2.21. The van der Waals surface area contributed by atoms with Crippen LogP contribution >= 0.6 is 11.3 Å². The summed E-state index contributed by atoms with van der Waals surface area (Å²) in [4.78, 5) is 5.44. The third-order valence-corrected chi connectivity index (χ3v) is 4.23. The number of thiazole rings is 1. The van der Waals surface area contributed by atoms with Crippen LogP contribution in [0.3, 0.4) is 0 Å². The molecule has 0 spiro atoms. The second-order valence-corrected chi connectivity index (χ2v) is 5.56. The summed E-state index contributed by atoms with van der Waals surface area (Å²) in [6.45, 7) is 0. The van der Waals surface area contributed by atoms with Crippen molar-refractivity contribution in [2.45, 2.75) is 51.0 Å². The van der Waals surface area contributed by atoms with Gasteiger partial charge in [0.05, 0.1) is 5.51 Å². The molecular formula is C12H20N2S. The van der Waals surface area contributed by atoms with Crippen molar-refractivity contribution in [3.8, 4) is 0 Å². The number of hydrogen-bond acceptors (Lipinski definition) is 3. The van der Waals surface area contributed by atoms with Gasteiger partial charge in [-0.3, -0.25) is 4.98 Å². The van der Waals surface area contributed by atoms with Crippen molar-refractivity contribution in [3.05, 3.63) is 16.6 Å². The zero-order valence-electron chi connectivity index (χ0n) is 9.19. The van der Waals surface area contributed by atoms with Crippen LogP contribution in [0, 0.1) is 5.92 Å². The molecule has 0 aliphatic heterocycles. The maximum atomic E-state index is 6.29. The summed E-state index contributed by atoms with van der Waals surface area (Å²) in [5.41, 5.74) is 8.19. The van der Waals surface area contributed by atoms with Crippen molar-refractivity contribution in [2.24, 2.45) is 11.7 Å². The summed E-state index contributed by atoms with van der Waals surface area (Å²) in [6.07, 6.45) is 11.2. The van der Waals surface area contributed by atoms with E-state index in [1.165, 1.54) is 43.4 Å². The predicted molar refractivity (Wildman–Crippen MR) is 65.0 cm³/mol. The number of nitrogens with two attached hydrogens (primary N) is 1. The Morgan fingerprint density at radius 3 is 2.67 bits per heavy atom. The van der Waals surface area contributed by atoms with Gasteiger partial charge in [0.1, 0.15) is 0 Å². The van der Waals surface area contributed by atoms with Crippen LogP contribution in [0.15, 0.2) is 11.7 Å². The first-order valence-electron chi connectivity index (χ1n) is 5.99. The van der Waals surface area contributed by atoms with Crippen molar-refractivity contribution >= 4 is 11.3 Å². The molecule has 3 heteroatoms. The molecule has 1 unspecified atom stereocenters. The van der Waals surface area contributed by atoms with E-state index >= 15 is 0 Å². The van der Waals surface area contributed by atoms with Gasteiger partial charge in [-0.1, -0.05) is 25.7 Å². The standard InChI is InChI=1S/C12H20N2S/c13-12(7-11-8-14-9-15-11)10-5-3-1-2-4-6-10/h8-10,12H,1-7,13H2. The van der Waals surface area contributed by atoms with Gasteiger partial charge in [0.25, 0.3) is 0 Å². The molecule has 1 aliphatic rings. The first kappa shape index (κ1) is 11.1. The minimum absolute atomic E-state index is 0.351. The Morgan fingerprint density at radius 2 is 2.07 bits per heavy atom. The molecule has 0 amide bonds. The normalized spacial score (nSPS) is 21.1. The summed E-state index contributed by atoms with van der Waals surface area (Å²) >= 11 is 1.73. The quantitative estimate of drug-likeness (QED) is 0.802. The van der Waals surface area contributed by atoms with E-state index in [0.717, 1.165) is 12.3 Å². The summed E-state index contributed by atoms with van der Waals surface area (Å²) in [5, 5.41) is 0. The Labute approximate surface area is 95.9 Å². The van der Waals surface area contributed by atoms with Crippen molar-refractivity contribution < 1.29 is 0 Å². The molecule has 0 bridgehead atoms. The highest BCUT2D eigenvalue weighted by Gasteiger charge is 2.19. The van der Waals surface area contributed by atoms with E-state index < -0.39 is 0 Å². The van der Waals surface area contributed by atoms with Crippen molar-refractivity contribution in [1.82, 2.24) is 4.98 Å². The van der Waals surface area contributed by atoms with Crippen LogP contribution < -0.4 is 5.73 Å². The minimum atomic E-state index is 0.351. The van der Waals surface area contributed by atoms with Gasteiger partial charge in [0, 0.05) is 17.1 Å². The highest BCUT2D eigenvalue weighted by Crippen LogP contribution is 2.26. The fourth-order valence-corrected chi connectivity index (χ4v) is 3.15. The molecule has 1 heterocycles.